The highest BCUT2D eigenvalue weighted by Gasteiger charge is 1.97. The molecule has 2 nitrogen and oxygen atoms in total. The Morgan fingerprint density at radius 3 is 2.12 bits per heavy atom. The number of hydrogen-bond acceptors (Lipinski definition) is 2. The summed E-state index contributed by atoms with van der Waals surface area (Å²) in [6.07, 6.45) is 12.3. The SMILES string of the molecule is CCCC=CC=CCCc1cc(O)cc(O)c1. The summed E-state index contributed by atoms with van der Waals surface area (Å²) in [7, 11) is 0. The maximum Gasteiger partial charge on any atom is 0.119 e. The Bertz CT molecular complexity index is 372. The number of unbranched alkanes of at least 4 members (excludes halogenated alkanes) is 1. The van der Waals surface area contributed by atoms with Gasteiger partial charge < -0.3 is 10.2 Å². The Balaban J connectivity index is 2.35. The minimum atomic E-state index is 0.117. The van der Waals surface area contributed by atoms with Gasteiger partial charge in [0.1, 0.15) is 11.5 Å². The molecule has 92 valence electrons. The zero-order valence-corrected chi connectivity index (χ0v) is 10.3. The van der Waals surface area contributed by atoms with Crippen LogP contribution in [0.4, 0.5) is 0 Å². The van der Waals surface area contributed by atoms with Crippen LogP contribution in [0.3, 0.4) is 0 Å². The predicted molar refractivity (Wildman–Crippen MR) is 71.3 cm³/mol. The van der Waals surface area contributed by atoms with Crippen molar-refractivity contribution in [3.8, 4) is 11.5 Å². The van der Waals surface area contributed by atoms with E-state index < -0.39 is 0 Å². The Kier molecular flexibility index (Phi) is 5.94. The lowest BCUT2D eigenvalue weighted by atomic mass is 10.1. The summed E-state index contributed by atoms with van der Waals surface area (Å²) in [5.41, 5.74) is 0.949. The summed E-state index contributed by atoms with van der Waals surface area (Å²) in [6.45, 7) is 2.16. The van der Waals surface area contributed by atoms with Gasteiger partial charge in [-0.15, -0.1) is 0 Å². The van der Waals surface area contributed by atoms with Crippen LogP contribution in [-0.4, -0.2) is 10.2 Å². The van der Waals surface area contributed by atoms with E-state index in [0.29, 0.717) is 0 Å². The van der Waals surface area contributed by atoms with Gasteiger partial charge in [-0.05, 0) is 37.0 Å². The number of phenolic OH excluding ortho intramolecular Hbond substituents is 2. The first-order chi connectivity index (χ1) is 8.22. The van der Waals surface area contributed by atoms with Crippen LogP contribution >= 0.6 is 0 Å². The molecule has 0 aliphatic heterocycles. The van der Waals surface area contributed by atoms with E-state index in [2.05, 4.69) is 25.2 Å². The number of phenols is 2. The molecule has 0 atom stereocenters. The quantitative estimate of drug-likeness (QED) is 0.729. The third-order valence-corrected chi connectivity index (χ3v) is 2.40. The molecular formula is C15H20O2. The number of hydrogen-bond donors (Lipinski definition) is 2. The molecule has 0 radical (unpaired) electrons. The van der Waals surface area contributed by atoms with Gasteiger partial charge in [-0.2, -0.15) is 0 Å². The molecule has 0 saturated heterocycles. The average molecular weight is 232 g/mol. The molecule has 0 amide bonds. The molecule has 1 aromatic rings. The van der Waals surface area contributed by atoms with Crippen LogP contribution in [-0.2, 0) is 6.42 Å². The molecule has 17 heavy (non-hydrogen) atoms. The Labute approximate surface area is 103 Å². The molecular weight excluding hydrogens is 212 g/mol. The lowest BCUT2D eigenvalue weighted by molar-refractivity contribution is 0.449. The molecule has 1 rings (SSSR count). The number of aryl methyl sites for hydroxylation is 1. The van der Waals surface area contributed by atoms with Crippen LogP contribution in [0.15, 0.2) is 42.5 Å². The number of benzene rings is 1. The van der Waals surface area contributed by atoms with E-state index in [4.69, 9.17) is 0 Å². The summed E-state index contributed by atoms with van der Waals surface area (Å²) in [5, 5.41) is 18.6. The molecule has 0 unspecified atom stereocenters. The number of allylic oxidation sites excluding steroid dienone is 4. The maximum atomic E-state index is 9.30. The van der Waals surface area contributed by atoms with Crippen molar-refractivity contribution in [2.24, 2.45) is 0 Å². The summed E-state index contributed by atoms with van der Waals surface area (Å²) in [5.74, 6) is 0.235. The second-order valence-electron chi connectivity index (χ2n) is 4.04. The normalized spacial score (nSPS) is 11.6. The largest absolute Gasteiger partial charge is 0.508 e. The maximum absolute atomic E-state index is 9.30. The van der Waals surface area contributed by atoms with Gasteiger partial charge in [0.15, 0.2) is 0 Å². The molecule has 0 fully saturated rings. The lowest BCUT2D eigenvalue weighted by Gasteiger charge is -2.01. The van der Waals surface area contributed by atoms with Gasteiger partial charge in [0, 0.05) is 6.07 Å². The first kappa shape index (κ1) is 13.4. The summed E-state index contributed by atoms with van der Waals surface area (Å²) in [6, 6.07) is 4.70. The van der Waals surface area contributed by atoms with E-state index in [1.54, 1.807) is 12.1 Å². The minimum absolute atomic E-state index is 0.117. The second kappa shape index (κ2) is 7.55. The van der Waals surface area contributed by atoms with E-state index in [1.807, 2.05) is 6.08 Å². The fourth-order valence-electron chi connectivity index (χ4n) is 1.57. The van der Waals surface area contributed by atoms with Gasteiger partial charge in [-0.25, -0.2) is 0 Å². The minimum Gasteiger partial charge on any atom is -0.508 e. The summed E-state index contributed by atoms with van der Waals surface area (Å²) < 4.78 is 0. The Morgan fingerprint density at radius 2 is 1.53 bits per heavy atom. The highest BCUT2D eigenvalue weighted by atomic mass is 16.3. The van der Waals surface area contributed by atoms with Gasteiger partial charge in [-0.3, -0.25) is 0 Å². The van der Waals surface area contributed by atoms with Crippen LogP contribution in [0.2, 0.25) is 0 Å². The van der Waals surface area contributed by atoms with Crippen molar-refractivity contribution in [3.63, 3.8) is 0 Å². The summed E-state index contributed by atoms with van der Waals surface area (Å²) in [4.78, 5) is 0. The van der Waals surface area contributed by atoms with Crippen LogP contribution in [0.5, 0.6) is 11.5 Å². The zero-order chi connectivity index (χ0) is 12.5. The van der Waals surface area contributed by atoms with Crippen molar-refractivity contribution in [2.75, 3.05) is 0 Å². The van der Waals surface area contributed by atoms with Crippen LogP contribution in [0, 0.1) is 0 Å². The molecule has 0 aromatic heterocycles. The van der Waals surface area contributed by atoms with E-state index >= 15 is 0 Å². The van der Waals surface area contributed by atoms with Crippen molar-refractivity contribution in [2.45, 2.75) is 32.6 Å². The van der Waals surface area contributed by atoms with E-state index in [-0.39, 0.29) is 11.5 Å². The first-order valence-electron chi connectivity index (χ1n) is 6.06. The fraction of sp³-hybridized carbons (Fsp3) is 0.333. The molecule has 0 saturated carbocycles. The Morgan fingerprint density at radius 1 is 0.941 bits per heavy atom. The molecule has 1 aromatic carbocycles. The molecule has 2 heteroatoms. The third-order valence-electron chi connectivity index (χ3n) is 2.40. The summed E-state index contributed by atoms with van der Waals surface area (Å²) >= 11 is 0. The third kappa shape index (κ3) is 5.81. The first-order valence-corrected chi connectivity index (χ1v) is 6.06. The highest BCUT2D eigenvalue weighted by Crippen LogP contribution is 2.21. The zero-order valence-electron chi connectivity index (χ0n) is 10.3. The van der Waals surface area contributed by atoms with Crippen LogP contribution < -0.4 is 0 Å². The molecule has 2 N–H and O–H groups in total. The molecule has 0 aliphatic carbocycles. The van der Waals surface area contributed by atoms with Gasteiger partial charge in [0.25, 0.3) is 0 Å². The number of aromatic hydroxyl groups is 2. The standard InChI is InChI=1S/C15H20O2/c1-2-3-4-5-6-7-8-9-13-10-14(16)12-15(17)11-13/h4-7,10-12,16-17H,2-3,8-9H2,1H3. The van der Waals surface area contributed by atoms with Crippen molar-refractivity contribution in [3.05, 3.63) is 48.1 Å². The smallest absolute Gasteiger partial charge is 0.119 e. The molecule has 0 heterocycles. The Hall–Kier alpha value is -1.70. The second-order valence-corrected chi connectivity index (χ2v) is 4.04. The average Bonchev–Trinajstić information content (AvgIpc) is 2.26. The van der Waals surface area contributed by atoms with Gasteiger partial charge in [0.2, 0.25) is 0 Å². The molecule has 0 bridgehead atoms. The van der Waals surface area contributed by atoms with E-state index in [1.165, 1.54) is 12.5 Å². The van der Waals surface area contributed by atoms with E-state index in [9.17, 15) is 10.2 Å². The topological polar surface area (TPSA) is 40.5 Å². The van der Waals surface area contributed by atoms with Gasteiger partial charge >= 0.3 is 0 Å². The van der Waals surface area contributed by atoms with Gasteiger partial charge in [0.05, 0.1) is 0 Å². The fourth-order valence-corrected chi connectivity index (χ4v) is 1.57. The van der Waals surface area contributed by atoms with Crippen molar-refractivity contribution in [1.82, 2.24) is 0 Å². The van der Waals surface area contributed by atoms with Crippen molar-refractivity contribution >= 4 is 0 Å². The van der Waals surface area contributed by atoms with Crippen LogP contribution in [0.1, 0.15) is 31.7 Å². The number of rotatable bonds is 6. The monoisotopic (exact) mass is 232 g/mol. The highest BCUT2D eigenvalue weighted by molar-refractivity contribution is 5.36. The van der Waals surface area contributed by atoms with Crippen LogP contribution in [0.25, 0.3) is 0 Å². The van der Waals surface area contributed by atoms with Crippen molar-refractivity contribution in [1.29, 1.82) is 0 Å². The lowest BCUT2D eigenvalue weighted by Crippen LogP contribution is -1.82. The van der Waals surface area contributed by atoms with Crippen molar-refractivity contribution < 1.29 is 10.2 Å². The van der Waals surface area contributed by atoms with Gasteiger partial charge in [-0.1, -0.05) is 37.6 Å². The molecule has 0 spiro atoms. The predicted octanol–water partition coefficient (Wildman–Crippen LogP) is 3.94. The van der Waals surface area contributed by atoms with E-state index in [0.717, 1.165) is 24.8 Å². The molecule has 0 aliphatic rings.